The van der Waals surface area contributed by atoms with Crippen LogP contribution in [0.5, 0.6) is 0 Å². The molecule has 1 unspecified atom stereocenters. The summed E-state index contributed by atoms with van der Waals surface area (Å²) in [4.78, 5) is 3.11. The Labute approximate surface area is 71.1 Å². The van der Waals surface area contributed by atoms with E-state index < -0.39 is 0 Å². The minimum atomic E-state index is -0.350. The first-order valence-corrected chi connectivity index (χ1v) is 4.09. The van der Waals surface area contributed by atoms with Crippen molar-refractivity contribution in [2.75, 3.05) is 13.1 Å². The molecule has 64 valence electrons. The van der Waals surface area contributed by atoms with Crippen LogP contribution in [0.1, 0.15) is 5.69 Å². The van der Waals surface area contributed by atoms with Crippen LogP contribution in [0.15, 0.2) is 24.4 Å². The van der Waals surface area contributed by atoms with Crippen LogP contribution in [-0.4, -0.2) is 29.3 Å². The molecule has 0 amide bonds. The number of aromatic amines is 1. The number of nitrogens with one attached hydrogen (secondary N) is 2. The molecule has 3 nitrogen and oxygen atoms in total. The van der Waals surface area contributed by atoms with Gasteiger partial charge in [-0.1, -0.05) is 0 Å². The molecule has 0 bridgehead atoms. The van der Waals surface area contributed by atoms with Gasteiger partial charge in [-0.2, -0.15) is 0 Å². The molecule has 0 spiro atoms. The molecule has 12 heavy (non-hydrogen) atoms. The van der Waals surface area contributed by atoms with Crippen LogP contribution in [0, 0.1) is 0 Å². The summed E-state index contributed by atoms with van der Waals surface area (Å²) in [5.41, 5.74) is 2.22. The van der Waals surface area contributed by atoms with E-state index in [1.54, 1.807) is 0 Å². The molecule has 3 heteroatoms. The molecule has 1 aliphatic heterocycles. The van der Waals surface area contributed by atoms with E-state index in [9.17, 15) is 5.11 Å². The number of aliphatic hydroxyl groups is 1. The first kappa shape index (κ1) is 7.58. The van der Waals surface area contributed by atoms with Gasteiger partial charge in [0.1, 0.15) is 0 Å². The zero-order chi connectivity index (χ0) is 8.39. The predicted octanol–water partition coefficient (Wildman–Crippen LogP) is 0.362. The highest BCUT2D eigenvalue weighted by Gasteiger charge is 2.11. The largest absolute Gasteiger partial charge is 0.388 e. The maximum absolute atomic E-state index is 9.33. The topological polar surface area (TPSA) is 48.0 Å². The van der Waals surface area contributed by atoms with Gasteiger partial charge in [0.25, 0.3) is 0 Å². The molecule has 1 aromatic rings. The summed E-state index contributed by atoms with van der Waals surface area (Å²) >= 11 is 0. The molecule has 2 heterocycles. The highest BCUT2D eigenvalue weighted by molar-refractivity contribution is 5.65. The van der Waals surface area contributed by atoms with Crippen molar-refractivity contribution in [2.45, 2.75) is 6.10 Å². The van der Waals surface area contributed by atoms with Crippen LogP contribution in [-0.2, 0) is 0 Å². The number of β-amino-alcohol motifs (C(OH)–C–C–N with tert-alkyl or cyclic N) is 1. The zero-order valence-corrected chi connectivity index (χ0v) is 6.75. The second-order valence-corrected chi connectivity index (χ2v) is 2.97. The fraction of sp³-hybridized carbons (Fsp3) is 0.333. The Morgan fingerprint density at radius 3 is 3.08 bits per heavy atom. The summed E-state index contributed by atoms with van der Waals surface area (Å²) in [6, 6.07) is 3.96. The van der Waals surface area contributed by atoms with E-state index in [4.69, 9.17) is 0 Å². The van der Waals surface area contributed by atoms with Crippen LogP contribution in [0.25, 0.3) is 5.57 Å². The number of hydrogen-bond donors (Lipinski definition) is 3. The Morgan fingerprint density at radius 2 is 2.42 bits per heavy atom. The third-order valence-electron chi connectivity index (χ3n) is 2.01. The molecule has 0 aromatic carbocycles. The van der Waals surface area contributed by atoms with Gasteiger partial charge in [0, 0.05) is 25.0 Å². The number of aromatic nitrogens is 1. The Bertz CT molecular complexity index is 277. The molecule has 3 N–H and O–H groups in total. The summed E-state index contributed by atoms with van der Waals surface area (Å²) < 4.78 is 0. The average molecular weight is 164 g/mol. The Morgan fingerprint density at radius 1 is 1.50 bits per heavy atom. The van der Waals surface area contributed by atoms with Gasteiger partial charge in [-0.05, 0) is 23.8 Å². The van der Waals surface area contributed by atoms with E-state index in [1.807, 2.05) is 24.4 Å². The second kappa shape index (κ2) is 3.13. The van der Waals surface area contributed by atoms with Gasteiger partial charge in [-0.25, -0.2) is 0 Å². The lowest BCUT2D eigenvalue weighted by Crippen LogP contribution is -2.31. The lowest BCUT2D eigenvalue weighted by atomic mass is 10.1. The van der Waals surface area contributed by atoms with Crippen molar-refractivity contribution in [3.63, 3.8) is 0 Å². The molecule has 0 aliphatic carbocycles. The van der Waals surface area contributed by atoms with E-state index in [0.29, 0.717) is 6.54 Å². The van der Waals surface area contributed by atoms with Crippen molar-refractivity contribution in [1.82, 2.24) is 10.3 Å². The predicted molar refractivity (Wildman–Crippen MR) is 47.6 cm³/mol. The van der Waals surface area contributed by atoms with Gasteiger partial charge < -0.3 is 15.4 Å². The molecular formula is C9H12N2O. The van der Waals surface area contributed by atoms with Gasteiger partial charge in [-0.15, -0.1) is 0 Å². The van der Waals surface area contributed by atoms with Crippen LogP contribution in [0.2, 0.25) is 0 Å². The number of H-pyrrole nitrogens is 1. The van der Waals surface area contributed by atoms with Crippen LogP contribution < -0.4 is 5.32 Å². The number of rotatable bonds is 1. The summed E-state index contributed by atoms with van der Waals surface area (Å²) in [6.45, 7) is 1.49. The zero-order valence-electron chi connectivity index (χ0n) is 6.75. The Hall–Kier alpha value is -1.06. The SMILES string of the molecule is OC1C=C(c2ccc[nH]2)CNC1. The summed E-state index contributed by atoms with van der Waals surface area (Å²) in [7, 11) is 0. The fourth-order valence-corrected chi connectivity index (χ4v) is 1.42. The van der Waals surface area contributed by atoms with Gasteiger partial charge in [0.05, 0.1) is 6.10 Å². The van der Waals surface area contributed by atoms with Crippen molar-refractivity contribution in [3.05, 3.63) is 30.1 Å². The first-order chi connectivity index (χ1) is 5.86. The highest BCUT2D eigenvalue weighted by Crippen LogP contribution is 2.14. The van der Waals surface area contributed by atoms with Crippen molar-refractivity contribution in [3.8, 4) is 0 Å². The van der Waals surface area contributed by atoms with Crippen LogP contribution in [0.3, 0.4) is 0 Å². The van der Waals surface area contributed by atoms with E-state index in [2.05, 4.69) is 10.3 Å². The molecule has 2 rings (SSSR count). The molecule has 0 fully saturated rings. The maximum Gasteiger partial charge on any atom is 0.0852 e. The average Bonchev–Trinajstić information content (AvgIpc) is 2.56. The van der Waals surface area contributed by atoms with E-state index in [-0.39, 0.29) is 6.10 Å². The fourth-order valence-electron chi connectivity index (χ4n) is 1.42. The van der Waals surface area contributed by atoms with Gasteiger partial charge in [0.2, 0.25) is 0 Å². The molecule has 1 atom stereocenters. The first-order valence-electron chi connectivity index (χ1n) is 4.09. The normalized spacial score (nSPS) is 23.8. The maximum atomic E-state index is 9.33. The Kier molecular flexibility index (Phi) is 1.98. The minimum Gasteiger partial charge on any atom is -0.388 e. The monoisotopic (exact) mass is 164 g/mol. The third-order valence-corrected chi connectivity index (χ3v) is 2.01. The van der Waals surface area contributed by atoms with Crippen LogP contribution in [0.4, 0.5) is 0 Å². The lowest BCUT2D eigenvalue weighted by molar-refractivity contribution is 0.217. The summed E-state index contributed by atoms with van der Waals surface area (Å²) in [6.07, 6.45) is 3.43. The summed E-state index contributed by atoms with van der Waals surface area (Å²) in [5, 5.41) is 12.5. The van der Waals surface area contributed by atoms with Gasteiger partial charge in [-0.3, -0.25) is 0 Å². The highest BCUT2D eigenvalue weighted by atomic mass is 16.3. The van der Waals surface area contributed by atoms with E-state index in [0.717, 1.165) is 17.8 Å². The molecule has 0 radical (unpaired) electrons. The smallest absolute Gasteiger partial charge is 0.0852 e. The van der Waals surface area contributed by atoms with E-state index in [1.165, 1.54) is 0 Å². The quantitative estimate of drug-likeness (QED) is 0.561. The molecule has 0 saturated carbocycles. The molecule has 0 saturated heterocycles. The number of hydrogen-bond acceptors (Lipinski definition) is 2. The third kappa shape index (κ3) is 1.42. The lowest BCUT2D eigenvalue weighted by Gasteiger charge is -2.17. The van der Waals surface area contributed by atoms with Crippen molar-refractivity contribution in [2.24, 2.45) is 0 Å². The minimum absolute atomic E-state index is 0.350. The van der Waals surface area contributed by atoms with E-state index >= 15 is 0 Å². The van der Waals surface area contributed by atoms with Gasteiger partial charge >= 0.3 is 0 Å². The van der Waals surface area contributed by atoms with Crippen molar-refractivity contribution in [1.29, 1.82) is 0 Å². The van der Waals surface area contributed by atoms with Crippen molar-refractivity contribution >= 4 is 5.57 Å². The van der Waals surface area contributed by atoms with Crippen molar-refractivity contribution < 1.29 is 5.11 Å². The number of aliphatic hydroxyl groups excluding tert-OH is 1. The second-order valence-electron chi connectivity index (χ2n) is 2.97. The molecule has 1 aliphatic rings. The van der Waals surface area contributed by atoms with Gasteiger partial charge in [0.15, 0.2) is 0 Å². The Balaban J connectivity index is 2.23. The standard InChI is InChI=1S/C9H12N2O/c12-8-4-7(5-10-6-8)9-2-1-3-11-9/h1-4,8,10-12H,5-6H2. The molecular weight excluding hydrogens is 152 g/mol. The van der Waals surface area contributed by atoms with Crippen LogP contribution >= 0.6 is 0 Å². The summed E-state index contributed by atoms with van der Waals surface area (Å²) in [5.74, 6) is 0. The molecule has 1 aromatic heterocycles.